The molecule has 2 heteroatoms. The molecule has 1 aromatic rings. The third-order valence-electron chi connectivity index (χ3n) is 3.66. The third kappa shape index (κ3) is 4.40. The van der Waals surface area contributed by atoms with Crippen molar-refractivity contribution in [2.24, 2.45) is 5.92 Å². The van der Waals surface area contributed by atoms with E-state index in [2.05, 4.69) is 67.1 Å². The van der Waals surface area contributed by atoms with Crippen LogP contribution >= 0.6 is 15.9 Å². The number of nitrogens with one attached hydrogen (secondary N) is 1. The van der Waals surface area contributed by atoms with E-state index in [-0.39, 0.29) is 0 Å². The SMILES string of the molecule is CCCNC(CC(C)CC)c1cccc(Br)c1C. The maximum absolute atomic E-state index is 3.70. The van der Waals surface area contributed by atoms with Crippen LogP contribution < -0.4 is 5.32 Å². The minimum atomic E-state index is 0.484. The molecule has 0 aliphatic rings. The summed E-state index contributed by atoms with van der Waals surface area (Å²) in [5.74, 6) is 0.762. The molecule has 1 aromatic carbocycles. The second-order valence-corrected chi connectivity index (χ2v) is 6.06. The molecule has 102 valence electrons. The average molecular weight is 312 g/mol. The van der Waals surface area contributed by atoms with Gasteiger partial charge >= 0.3 is 0 Å². The molecule has 2 unspecified atom stereocenters. The molecular weight excluding hydrogens is 286 g/mol. The van der Waals surface area contributed by atoms with E-state index in [1.54, 1.807) is 0 Å². The van der Waals surface area contributed by atoms with Crippen LogP contribution in [0, 0.1) is 12.8 Å². The summed E-state index contributed by atoms with van der Waals surface area (Å²) in [4.78, 5) is 0. The van der Waals surface area contributed by atoms with Gasteiger partial charge in [0.15, 0.2) is 0 Å². The van der Waals surface area contributed by atoms with Crippen molar-refractivity contribution >= 4 is 15.9 Å². The molecular formula is C16H26BrN. The van der Waals surface area contributed by atoms with Gasteiger partial charge in [-0.1, -0.05) is 55.3 Å². The van der Waals surface area contributed by atoms with Crippen molar-refractivity contribution in [3.8, 4) is 0 Å². The van der Waals surface area contributed by atoms with E-state index in [1.807, 2.05) is 0 Å². The standard InChI is InChI=1S/C16H26BrN/c1-5-10-18-16(11-12(3)6-2)14-8-7-9-15(17)13(14)4/h7-9,12,16,18H,5-6,10-11H2,1-4H3. The van der Waals surface area contributed by atoms with Crippen LogP contribution in [0.2, 0.25) is 0 Å². The fourth-order valence-electron chi connectivity index (χ4n) is 2.21. The Labute approximate surface area is 120 Å². The molecule has 0 saturated heterocycles. The first-order valence-corrected chi connectivity index (χ1v) is 7.87. The van der Waals surface area contributed by atoms with Crippen LogP contribution in [0.15, 0.2) is 22.7 Å². The zero-order chi connectivity index (χ0) is 13.5. The molecule has 1 rings (SSSR count). The van der Waals surface area contributed by atoms with E-state index < -0.39 is 0 Å². The number of hydrogen-bond acceptors (Lipinski definition) is 1. The Balaban J connectivity index is 2.90. The fourth-order valence-corrected chi connectivity index (χ4v) is 2.59. The smallest absolute Gasteiger partial charge is 0.0325 e. The van der Waals surface area contributed by atoms with Crippen molar-refractivity contribution < 1.29 is 0 Å². The highest BCUT2D eigenvalue weighted by Gasteiger charge is 2.16. The summed E-state index contributed by atoms with van der Waals surface area (Å²) >= 11 is 3.64. The Morgan fingerprint density at radius 3 is 2.61 bits per heavy atom. The topological polar surface area (TPSA) is 12.0 Å². The number of hydrogen-bond donors (Lipinski definition) is 1. The highest BCUT2D eigenvalue weighted by atomic mass is 79.9. The van der Waals surface area contributed by atoms with Crippen molar-refractivity contribution in [3.63, 3.8) is 0 Å². The summed E-state index contributed by atoms with van der Waals surface area (Å²) < 4.78 is 1.22. The molecule has 0 fully saturated rings. The van der Waals surface area contributed by atoms with E-state index in [1.165, 1.54) is 34.9 Å². The van der Waals surface area contributed by atoms with Crippen LogP contribution in [0.25, 0.3) is 0 Å². The van der Waals surface area contributed by atoms with Gasteiger partial charge in [-0.2, -0.15) is 0 Å². The van der Waals surface area contributed by atoms with Gasteiger partial charge in [0.2, 0.25) is 0 Å². The normalized spacial score (nSPS) is 14.5. The number of halogens is 1. The van der Waals surface area contributed by atoms with Crippen LogP contribution in [0.4, 0.5) is 0 Å². The Morgan fingerprint density at radius 1 is 1.28 bits per heavy atom. The minimum absolute atomic E-state index is 0.484. The van der Waals surface area contributed by atoms with Crippen LogP contribution in [-0.4, -0.2) is 6.54 Å². The number of rotatable bonds is 7. The second-order valence-electron chi connectivity index (χ2n) is 5.21. The molecule has 18 heavy (non-hydrogen) atoms. The zero-order valence-corrected chi connectivity index (χ0v) is 13.7. The maximum atomic E-state index is 3.70. The summed E-state index contributed by atoms with van der Waals surface area (Å²) in [6, 6.07) is 7.01. The van der Waals surface area contributed by atoms with Crippen molar-refractivity contribution in [1.29, 1.82) is 0 Å². The summed E-state index contributed by atoms with van der Waals surface area (Å²) in [6.45, 7) is 10.1. The van der Waals surface area contributed by atoms with Gasteiger partial charge in [-0.05, 0) is 49.4 Å². The summed E-state index contributed by atoms with van der Waals surface area (Å²) in [5, 5.41) is 3.70. The minimum Gasteiger partial charge on any atom is -0.310 e. The Morgan fingerprint density at radius 2 is 2.00 bits per heavy atom. The van der Waals surface area contributed by atoms with Crippen molar-refractivity contribution in [1.82, 2.24) is 5.32 Å². The first kappa shape index (κ1) is 15.7. The molecule has 1 N–H and O–H groups in total. The molecule has 0 aromatic heterocycles. The maximum Gasteiger partial charge on any atom is 0.0325 e. The lowest BCUT2D eigenvalue weighted by Crippen LogP contribution is -2.24. The molecule has 0 spiro atoms. The lowest BCUT2D eigenvalue weighted by Gasteiger charge is -2.24. The fraction of sp³-hybridized carbons (Fsp3) is 0.625. The highest BCUT2D eigenvalue weighted by Crippen LogP contribution is 2.29. The van der Waals surface area contributed by atoms with E-state index in [9.17, 15) is 0 Å². The van der Waals surface area contributed by atoms with Gasteiger partial charge in [-0.15, -0.1) is 0 Å². The van der Waals surface area contributed by atoms with E-state index >= 15 is 0 Å². The first-order chi connectivity index (χ1) is 8.60. The Kier molecular flexibility index (Phi) is 6.95. The second kappa shape index (κ2) is 7.96. The van der Waals surface area contributed by atoms with Crippen molar-refractivity contribution in [3.05, 3.63) is 33.8 Å². The summed E-state index contributed by atoms with van der Waals surface area (Å²) in [6.07, 6.45) is 3.65. The zero-order valence-electron chi connectivity index (χ0n) is 12.1. The predicted molar refractivity (Wildman–Crippen MR) is 84.0 cm³/mol. The van der Waals surface area contributed by atoms with Crippen LogP contribution in [0.1, 0.15) is 57.2 Å². The largest absolute Gasteiger partial charge is 0.310 e. The molecule has 0 radical (unpaired) electrons. The van der Waals surface area contributed by atoms with Gasteiger partial charge in [0.1, 0.15) is 0 Å². The predicted octanol–water partition coefficient (Wildman–Crippen LogP) is 5.23. The molecule has 2 atom stereocenters. The van der Waals surface area contributed by atoms with Crippen LogP contribution in [-0.2, 0) is 0 Å². The molecule has 0 aliphatic carbocycles. The van der Waals surface area contributed by atoms with E-state index in [4.69, 9.17) is 0 Å². The van der Waals surface area contributed by atoms with Crippen LogP contribution in [0.5, 0.6) is 0 Å². The van der Waals surface area contributed by atoms with E-state index in [0.29, 0.717) is 6.04 Å². The monoisotopic (exact) mass is 311 g/mol. The summed E-state index contributed by atoms with van der Waals surface area (Å²) in [7, 11) is 0. The first-order valence-electron chi connectivity index (χ1n) is 7.08. The summed E-state index contributed by atoms with van der Waals surface area (Å²) in [5.41, 5.74) is 2.81. The molecule has 0 heterocycles. The third-order valence-corrected chi connectivity index (χ3v) is 4.52. The highest BCUT2D eigenvalue weighted by molar-refractivity contribution is 9.10. The van der Waals surface area contributed by atoms with Gasteiger partial charge in [-0.25, -0.2) is 0 Å². The molecule has 0 saturated carbocycles. The van der Waals surface area contributed by atoms with Gasteiger partial charge in [-0.3, -0.25) is 0 Å². The van der Waals surface area contributed by atoms with E-state index in [0.717, 1.165) is 12.5 Å². The molecule has 1 nitrogen and oxygen atoms in total. The lowest BCUT2D eigenvalue weighted by atomic mass is 9.92. The molecule has 0 bridgehead atoms. The van der Waals surface area contributed by atoms with Gasteiger partial charge in [0.05, 0.1) is 0 Å². The average Bonchev–Trinajstić information content (AvgIpc) is 2.37. The van der Waals surface area contributed by atoms with Crippen molar-refractivity contribution in [2.75, 3.05) is 6.54 Å². The Bertz CT molecular complexity index is 362. The molecule has 0 aliphatic heterocycles. The van der Waals surface area contributed by atoms with Crippen molar-refractivity contribution in [2.45, 2.75) is 53.0 Å². The quantitative estimate of drug-likeness (QED) is 0.726. The van der Waals surface area contributed by atoms with Crippen LogP contribution in [0.3, 0.4) is 0 Å². The lowest BCUT2D eigenvalue weighted by molar-refractivity contribution is 0.401. The van der Waals surface area contributed by atoms with Gasteiger partial charge in [0, 0.05) is 10.5 Å². The number of benzene rings is 1. The van der Waals surface area contributed by atoms with Gasteiger partial charge < -0.3 is 5.32 Å². The molecule has 0 amide bonds. The van der Waals surface area contributed by atoms with Gasteiger partial charge in [0.25, 0.3) is 0 Å². The Hall–Kier alpha value is -0.340.